The van der Waals surface area contributed by atoms with Crippen molar-refractivity contribution >= 4 is 27.3 Å². The Morgan fingerprint density at radius 3 is 2.66 bits per heavy atom. The van der Waals surface area contributed by atoms with Crippen LogP contribution in [0.5, 0.6) is 5.75 Å². The molecule has 10 heteroatoms. The van der Waals surface area contributed by atoms with Crippen molar-refractivity contribution in [3.05, 3.63) is 68.4 Å². The number of H-pyrrole nitrogens is 1. The molecule has 0 bridgehead atoms. The Labute approximate surface area is 171 Å². The van der Waals surface area contributed by atoms with Crippen LogP contribution in [-0.4, -0.2) is 37.2 Å². The number of amides is 1. The zero-order valence-corrected chi connectivity index (χ0v) is 17.4. The van der Waals surface area contributed by atoms with Crippen molar-refractivity contribution in [2.45, 2.75) is 13.3 Å². The van der Waals surface area contributed by atoms with Crippen LogP contribution in [0.3, 0.4) is 0 Å². The molecule has 0 radical (unpaired) electrons. The second-order valence-corrected chi connectivity index (χ2v) is 8.96. The largest absolute Gasteiger partial charge is 0.496 e. The van der Waals surface area contributed by atoms with Crippen molar-refractivity contribution < 1.29 is 17.9 Å². The normalized spacial score (nSPS) is 11.2. The van der Waals surface area contributed by atoms with Gasteiger partial charge in [0.15, 0.2) is 0 Å². The summed E-state index contributed by atoms with van der Waals surface area (Å²) in [7, 11) is -2.39. The predicted octanol–water partition coefficient (Wildman–Crippen LogP) is 2.12. The number of methoxy groups -OCH3 is 1. The molecule has 0 aliphatic carbocycles. The van der Waals surface area contributed by atoms with Gasteiger partial charge >= 0.3 is 0 Å². The molecule has 1 aromatic carbocycles. The molecule has 0 atom stereocenters. The average Bonchev–Trinajstić information content (AvgIpc) is 3.10. The highest BCUT2D eigenvalue weighted by atomic mass is 32.2. The molecule has 8 nitrogen and oxygen atoms in total. The number of aryl methyl sites for hydroxylation is 2. The van der Waals surface area contributed by atoms with Crippen molar-refractivity contribution in [1.82, 2.24) is 14.7 Å². The van der Waals surface area contributed by atoms with E-state index in [-0.39, 0.29) is 17.7 Å². The maximum Gasteiger partial charge on any atom is 0.270 e. The molecule has 0 unspecified atom stereocenters. The molecule has 0 fully saturated rings. The third kappa shape index (κ3) is 4.90. The highest BCUT2D eigenvalue weighted by Gasteiger charge is 2.20. The van der Waals surface area contributed by atoms with Crippen molar-refractivity contribution in [1.29, 1.82) is 0 Å². The van der Waals surface area contributed by atoms with E-state index in [0.29, 0.717) is 17.0 Å². The summed E-state index contributed by atoms with van der Waals surface area (Å²) in [6.45, 7) is 1.79. The molecule has 0 saturated heterocycles. The molecule has 0 saturated carbocycles. The summed E-state index contributed by atoms with van der Waals surface area (Å²) in [4.78, 5) is 32.2. The summed E-state index contributed by atoms with van der Waals surface area (Å²) in [5, 5.41) is 0. The van der Waals surface area contributed by atoms with Crippen molar-refractivity contribution in [2.24, 2.45) is 0 Å². The van der Waals surface area contributed by atoms with E-state index in [0.717, 1.165) is 10.6 Å². The topological polar surface area (TPSA) is 118 Å². The van der Waals surface area contributed by atoms with Gasteiger partial charge in [-0.1, -0.05) is 12.1 Å². The highest BCUT2D eigenvalue weighted by Crippen LogP contribution is 2.27. The number of hydrogen-bond acceptors (Lipinski definition) is 7. The summed E-state index contributed by atoms with van der Waals surface area (Å²) in [5.74, 6) is -0.695. The SMILES string of the molecule is COc1ccccc1-c1ccc(C(=O)NS(=O)(=O)CCc2scnc2C)c(=O)[nH]1. The molecule has 0 spiro atoms. The van der Waals surface area contributed by atoms with Gasteiger partial charge in [-0.05, 0) is 37.6 Å². The van der Waals surface area contributed by atoms with Crippen LogP contribution in [0, 0.1) is 6.92 Å². The number of carbonyl (C=O) groups excluding carboxylic acids is 1. The van der Waals surface area contributed by atoms with Crippen LogP contribution in [-0.2, 0) is 16.4 Å². The van der Waals surface area contributed by atoms with E-state index in [1.165, 1.54) is 30.6 Å². The fourth-order valence-electron chi connectivity index (χ4n) is 2.72. The van der Waals surface area contributed by atoms with Crippen LogP contribution >= 0.6 is 11.3 Å². The number of benzene rings is 1. The number of aromatic nitrogens is 2. The van der Waals surface area contributed by atoms with Gasteiger partial charge in [-0.3, -0.25) is 9.59 Å². The van der Waals surface area contributed by atoms with E-state index in [1.54, 1.807) is 36.7 Å². The molecule has 1 amide bonds. The van der Waals surface area contributed by atoms with Crippen LogP contribution < -0.4 is 15.0 Å². The molecule has 2 aromatic heterocycles. The quantitative estimate of drug-likeness (QED) is 0.589. The van der Waals surface area contributed by atoms with E-state index < -0.39 is 21.5 Å². The maximum atomic E-state index is 12.4. The molecule has 0 aliphatic rings. The lowest BCUT2D eigenvalue weighted by molar-refractivity contribution is 0.0980. The van der Waals surface area contributed by atoms with Gasteiger partial charge in [0, 0.05) is 10.4 Å². The molecule has 2 N–H and O–H groups in total. The number of nitrogens with zero attached hydrogens (tertiary/aromatic N) is 1. The van der Waals surface area contributed by atoms with E-state index in [1.807, 2.05) is 4.72 Å². The predicted molar refractivity (Wildman–Crippen MR) is 111 cm³/mol. The van der Waals surface area contributed by atoms with Crippen molar-refractivity contribution in [2.75, 3.05) is 12.9 Å². The zero-order chi connectivity index (χ0) is 21.0. The third-order valence-electron chi connectivity index (χ3n) is 4.24. The fraction of sp³-hybridized carbons (Fsp3) is 0.211. The Balaban J connectivity index is 1.76. The standard InChI is InChI=1S/C19H19N3O5S2/c1-12-17(28-11-20-12)9-10-29(25,26)22-19(24)14-7-8-15(21-18(14)23)13-5-3-4-6-16(13)27-2/h3-8,11H,9-10H2,1-2H3,(H,21,23)(H,22,24). The number of nitrogens with one attached hydrogen (secondary N) is 2. The Morgan fingerprint density at radius 1 is 1.24 bits per heavy atom. The average molecular weight is 434 g/mol. The van der Waals surface area contributed by atoms with Gasteiger partial charge in [0.2, 0.25) is 10.0 Å². The smallest absolute Gasteiger partial charge is 0.270 e. The maximum absolute atomic E-state index is 12.4. The summed E-state index contributed by atoms with van der Waals surface area (Å²) < 4.78 is 31.7. The lowest BCUT2D eigenvalue weighted by Gasteiger charge is -2.09. The molecule has 29 heavy (non-hydrogen) atoms. The number of ether oxygens (including phenoxy) is 1. The molecule has 3 aromatic rings. The van der Waals surface area contributed by atoms with Gasteiger partial charge in [-0.25, -0.2) is 18.1 Å². The zero-order valence-electron chi connectivity index (χ0n) is 15.8. The van der Waals surface area contributed by atoms with Crippen LogP contribution in [0.4, 0.5) is 0 Å². The minimum atomic E-state index is -3.90. The van der Waals surface area contributed by atoms with Crippen molar-refractivity contribution in [3.8, 4) is 17.0 Å². The number of rotatable bonds is 7. The van der Waals surface area contributed by atoms with Gasteiger partial charge < -0.3 is 9.72 Å². The van der Waals surface area contributed by atoms with Gasteiger partial charge in [0.1, 0.15) is 11.3 Å². The first-order valence-electron chi connectivity index (χ1n) is 8.61. The van der Waals surface area contributed by atoms with Gasteiger partial charge in [-0.15, -0.1) is 11.3 Å². The number of pyridine rings is 1. The van der Waals surface area contributed by atoms with Gasteiger partial charge in [0.25, 0.3) is 11.5 Å². The Kier molecular flexibility index (Phi) is 6.14. The fourth-order valence-corrected chi connectivity index (χ4v) is 4.59. The Morgan fingerprint density at radius 2 is 2.00 bits per heavy atom. The number of sulfonamides is 1. The minimum absolute atomic E-state index is 0.238. The molecule has 0 aliphatic heterocycles. The second-order valence-electron chi connectivity index (χ2n) is 6.18. The lowest BCUT2D eigenvalue weighted by atomic mass is 10.1. The monoisotopic (exact) mass is 433 g/mol. The number of thiazole rings is 1. The van der Waals surface area contributed by atoms with E-state index in [9.17, 15) is 18.0 Å². The van der Waals surface area contributed by atoms with E-state index in [4.69, 9.17) is 4.74 Å². The van der Waals surface area contributed by atoms with Gasteiger partial charge in [0.05, 0.1) is 29.8 Å². The van der Waals surface area contributed by atoms with Crippen LogP contribution in [0.1, 0.15) is 20.9 Å². The number of carbonyl (C=O) groups is 1. The first kappa shape index (κ1) is 20.7. The second kappa shape index (κ2) is 8.58. The van der Waals surface area contributed by atoms with Crippen LogP contribution in [0.2, 0.25) is 0 Å². The van der Waals surface area contributed by atoms with E-state index >= 15 is 0 Å². The van der Waals surface area contributed by atoms with Crippen LogP contribution in [0.15, 0.2) is 46.7 Å². The first-order valence-corrected chi connectivity index (χ1v) is 11.1. The Bertz CT molecular complexity index is 1200. The molecule has 152 valence electrons. The van der Waals surface area contributed by atoms with Crippen LogP contribution in [0.25, 0.3) is 11.3 Å². The minimum Gasteiger partial charge on any atom is -0.496 e. The summed E-state index contributed by atoms with van der Waals surface area (Å²) in [5.41, 5.74) is 2.51. The molecule has 3 rings (SSSR count). The lowest BCUT2D eigenvalue weighted by Crippen LogP contribution is -2.36. The first-order chi connectivity index (χ1) is 13.8. The summed E-state index contributed by atoms with van der Waals surface area (Å²) >= 11 is 1.36. The van der Waals surface area contributed by atoms with Crippen molar-refractivity contribution in [3.63, 3.8) is 0 Å². The summed E-state index contributed by atoms with van der Waals surface area (Å²) in [6, 6.07) is 9.90. The number of para-hydroxylation sites is 1. The molecular weight excluding hydrogens is 414 g/mol. The van der Waals surface area contributed by atoms with Gasteiger partial charge in [-0.2, -0.15) is 0 Å². The van der Waals surface area contributed by atoms with E-state index in [2.05, 4.69) is 9.97 Å². The molecular formula is C19H19N3O5S2. The number of aromatic amines is 1. The third-order valence-corrected chi connectivity index (χ3v) is 6.48. The number of hydrogen-bond donors (Lipinski definition) is 2. The summed E-state index contributed by atoms with van der Waals surface area (Å²) in [6.07, 6.45) is 0.238. The molecule has 2 heterocycles. The Hall–Kier alpha value is -2.98. The highest BCUT2D eigenvalue weighted by molar-refractivity contribution is 7.90.